The molecule has 0 heterocycles. The number of nitrogens with one attached hydrogen (secondary N) is 1. The highest BCUT2D eigenvalue weighted by molar-refractivity contribution is 5.99. The summed E-state index contributed by atoms with van der Waals surface area (Å²) in [6.07, 6.45) is 0. The summed E-state index contributed by atoms with van der Waals surface area (Å²) in [5, 5.41) is 1.40. The van der Waals surface area contributed by atoms with Crippen molar-refractivity contribution in [3.05, 3.63) is 70.8 Å². The molecule has 0 saturated carbocycles. The number of rotatable bonds is 2. The van der Waals surface area contributed by atoms with Crippen LogP contribution in [0.5, 0.6) is 0 Å². The second-order valence-electron chi connectivity index (χ2n) is 8.95. The molecule has 0 aliphatic heterocycles. The number of benzene rings is 2. The van der Waals surface area contributed by atoms with Crippen LogP contribution in [0.2, 0.25) is 0 Å². The molecule has 2 aromatic carbocycles. The number of carbonyl (C=O) groups is 2. The Morgan fingerprint density at radius 3 is 1.93 bits per heavy atom. The first-order valence-corrected chi connectivity index (χ1v) is 9.22. The number of aryl methyl sites for hydroxylation is 1. The summed E-state index contributed by atoms with van der Waals surface area (Å²) < 4.78 is 0. The van der Waals surface area contributed by atoms with Crippen molar-refractivity contribution in [2.75, 3.05) is 0 Å². The van der Waals surface area contributed by atoms with Gasteiger partial charge in [0, 0.05) is 11.1 Å². The molecule has 0 atom stereocenters. The quantitative estimate of drug-likeness (QED) is 0.770. The second kappa shape index (κ2) is 7.55. The van der Waals surface area contributed by atoms with Crippen LogP contribution < -0.4 is 5.43 Å². The van der Waals surface area contributed by atoms with E-state index in [0.29, 0.717) is 11.1 Å². The lowest BCUT2D eigenvalue weighted by Gasteiger charge is -2.35. The van der Waals surface area contributed by atoms with Crippen molar-refractivity contribution in [2.45, 2.75) is 59.4 Å². The van der Waals surface area contributed by atoms with Crippen LogP contribution in [-0.2, 0) is 5.41 Å². The Labute approximate surface area is 162 Å². The zero-order chi connectivity index (χ0) is 20.4. The van der Waals surface area contributed by atoms with Gasteiger partial charge in [-0.05, 0) is 62.9 Å². The number of hydrogen-bond donors (Lipinski definition) is 1. The van der Waals surface area contributed by atoms with Gasteiger partial charge in [0.05, 0.1) is 5.54 Å². The van der Waals surface area contributed by atoms with E-state index >= 15 is 0 Å². The molecule has 2 amide bonds. The first-order chi connectivity index (χ1) is 12.4. The maximum atomic E-state index is 13.0. The maximum absolute atomic E-state index is 13.0. The summed E-state index contributed by atoms with van der Waals surface area (Å²) in [5.41, 5.74) is 5.47. The van der Waals surface area contributed by atoms with Crippen LogP contribution in [0.15, 0.2) is 48.5 Å². The Balaban J connectivity index is 2.26. The lowest BCUT2D eigenvalue weighted by molar-refractivity contribution is 0.0358. The Kier molecular flexibility index (Phi) is 5.79. The molecule has 2 rings (SSSR count). The number of nitrogens with zero attached hydrogens (tertiary/aromatic N) is 1. The fraction of sp³-hybridized carbons (Fsp3) is 0.391. The molecule has 0 aliphatic rings. The van der Waals surface area contributed by atoms with Crippen molar-refractivity contribution in [2.24, 2.45) is 0 Å². The monoisotopic (exact) mass is 366 g/mol. The standard InChI is InChI=1S/C23H30N2O2/c1-16-9-8-10-18(15-16)21(27)25(23(5,6)7)24-20(26)17-11-13-19(14-12-17)22(2,3)4/h8-15H,1-7H3,(H,24,26). The molecule has 0 radical (unpaired) electrons. The van der Waals surface area contributed by atoms with E-state index < -0.39 is 5.54 Å². The average Bonchev–Trinajstić information content (AvgIpc) is 2.57. The van der Waals surface area contributed by atoms with E-state index in [1.165, 1.54) is 5.01 Å². The van der Waals surface area contributed by atoms with E-state index in [1.54, 1.807) is 18.2 Å². The average molecular weight is 367 g/mol. The van der Waals surface area contributed by atoms with E-state index in [0.717, 1.165) is 11.1 Å². The molecule has 0 fully saturated rings. The normalized spacial score (nSPS) is 11.8. The number of carbonyl (C=O) groups excluding carboxylic acids is 2. The highest BCUT2D eigenvalue weighted by Crippen LogP contribution is 2.22. The molecular weight excluding hydrogens is 336 g/mol. The molecule has 4 nitrogen and oxygen atoms in total. The predicted molar refractivity (Wildman–Crippen MR) is 110 cm³/mol. The second-order valence-corrected chi connectivity index (χ2v) is 8.95. The molecule has 144 valence electrons. The van der Waals surface area contributed by atoms with Crippen molar-refractivity contribution in [1.82, 2.24) is 10.4 Å². The molecule has 1 N–H and O–H groups in total. The SMILES string of the molecule is Cc1cccc(C(=O)N(NC(=O)c2ccc(C(C)(C)C)cc2)C(C)(C)C)c1. The molecular formula is C23H30N2O2. The Morgan fingerprint density at radius 2 is 1.44 bits per heavy atom. The third kappa shape index (κ3) is 5.19. The van der Waals surface area contributed by atoms with Crippen molar-refractivity contribution in [3.8, 4) is 0 Å². The van der Waals surface area contributed by atoms with Gasteiger partial charge in [-0.1, -0.05) is 50.6 Å². The summed E-state index contributed by atoms with van der Waals surface area (Å²) in [6.45, 7) is 14.0. The number of amides is 2. The summed E-state index contributed by atoms with van der Waals surface area (Å²) in [5.74, 6) is -0.530. The Morgan fingerprint density at radius 1 is 0.852 bits per heavy atom. The molecule has 0 aromatic heterocycles. The largest absolute Gasteiger partial charge is 0.272 e. The smallest absolute Gasteiger partial charge is 0.267 e. The number of hydrogen-bond acceptors (Lipinski definition) is 2. The molecule has 0 aliphatic carbocycles. The lowest BCUT2D eigenvalue weighted by atomic mass is 9.87. The number of hydrazine groups is 1. The van der Waals surface area contributed by atoms with Crippen LogP contribution in [0.25, 0.3) is 0 Å². The zero-order valence-electron chi connectivity index (χ0n) is 17.4. The molecule has 27 heavy (non-hydrogen) atoms. The van der Waals surface area contributed by atoms with E-state index in [1.807, 2.05) is 58.0 Å². The molecule has 4 heteroatoms. The van der Waals surface area contributed by atoms with Gasteiger partial charge < -0.3 is 0 Å². The first-order valence-electron chi connectivity index (χ1n) is 9.22. The van der Waals surface area contributed by atoms with Gasteiger partial charge in [-0.2, -0.15) is 0 Å². The third-order valence-corrected chi connectivity index (χ3v) is 4.37. The minimum atomic E-state index is -0.568. The Bertz CT molecular complexity index is 825. The van der Waals surface area contributed by atoms with Crippen molar-refractivity contribution < 1.29 is 9.59 Å². The van der Waals surface area contributed by atoms with Crippen LogP contribution in [0.3, 0.4) is 0 Å². The first kappa shape index (κ1) is 20.7. The van der Waals surface area contributed by atoms with E-state index in [-0.39, 0.29) is 17.2 Å². The van der Waals surface area contributed by atoms with Gasteiger partial charge in [-0.3, -0.25) is 15.0 Å². The summed E-state index contributed by atoms with van der Waals surface area (Å²) >= 11 is 0. The molecule has 0 saturated heterocycles. The van der Waals surface area contributed by atoms with Gasteiger partial charge in [0.1, 0.15) is 0 Å². The van der Waals surface area contributed by atoms with Gasteiger partial charge in [0.2, 0.25) is 0 Å². The fourth-order valence-electron chi connectivity index (χ4n) is 2.72. The molecule has 0 unspecified atom stereocenters. The fourth-order valence-corrected chi connectivity index (χ4v) is 2.72. The van der Waals surface area contributed by atoms with E-state index in [9.17, 15) is 9.59 Å². The maximum Gasteiger partial charge on any atom is 0.272 e. The topological polar surface area (TPSA) is 49.4 Å². The highest BCUT2D eigenvalue weighted by atomic mass is 16.2. The van der Waals surface area contributed by atoms with Crippen LogP contribution in [0, 0.1) is 6.92 Å². The van der Waals surface area contributed by atoms with Gasteiger partial charge in [0.15, 0.2) is 0 Å². The predicted octanol–water partition coefficient (Wildman–Crippen LogP) is 4.88. The van der Waals surface area contributed by atoms with Crippen molar-refractivity contribution >= 4 is 11.8 Å². The van der Waals surface area contributed by atoms with E-state index in [2.05, 4.69) is 26.2 Å². The summed E-state index contributed by atoms with van der Waals surface area (Å²) in [6, 6.07) is 14.9. The molecule has 0 bridgehead atoms. The van der Waals surface area contributed by atoms with Gasteiger partial charge >= 0.3 is 0 Å². The summed E-state index contributed by atoms with van der Waals surface area (Å²) in [7, 11) is 0. The van der Waals surface area contributed by atoms with E-state index in [4.69, 9.17) is 0 Å². The van der Waals surface area contributed by atoms with Crippen molar-refractivity contribution in [3.63, 3.8) is 0 Å². The minimum Gasteiger partial charge on any atom is -0.267 e. The third-order valence-electron chi connectivity index (χ3n) is 4.37. The van der Waals surface area contributed by atoms with Crippen LogP contribution in [-0.4, -0.2) is 22.4 Å². The van der Waals surface area contributed by atoms with Gasteiger partial charge in [0.25, 0.3) is 11.8 Å². The lowest BCUT2D eigenvalue weighted by Crippen LogP contribution is -2.55. The van der Waals surface area contributed by atoms with Gasteiger partial charge in [-0.15, -0.1) is 0 Å². The Hall–Kier alpha value is -2.62. The van der Waals surface area contributed by atoms with Crippen LogP contribution >= 0.6 is 0 Å². The summed E-state index contributed by atoms with van der Waals surface area (Å²) in [4.78, 5) is 25.8. The van der Waals surface area contributed by atoms with Crippen LogP contribution in [0.4, 0.5) is 0 Å². The zero-order valence-corrected chi connectivity index (χ0v) is 17.4. The molecule has 0 spiro atoms. The minimum absolute atomic E-state index is 0.0214. The van der Waals surface area contributed by atoms with Crippen LogP contribution in [0.1, 0.15) is 73.4 Å². The molecule has 2 aromatic rings. The van der Waals surface area contributed by atoms with Crippen molar-refractivity contribution in [1.29, 1.82) is 0 Å². The van der Waals surface area contributed by atoms with Gasteiger partial charge in [-0.25, -0.2) is 5.01 Å². The highest BCUT2D eigenvalue weighted by Gasteiger charge is 2.29.